The summed E-state index contributed by atoms with van der Waals surface area (Å²) in [6.45, 7) is 3.75. The molecule has 0 aliphatic heterocycles. The van der Waals surface area contributed by atoms with Crippen LogP contribution in [0, 0.1) is 5.92 Å². The lowest BCUT2D eigenvalue weighted by molar-refractivity contribution is 0.0946. The van der Waals surface area contributed by atoms with E-state index in [0.717, 1.165) is 6.54 Å². The molecule has 0 aliphatic rings. The van der Waals surface area contributed by atoms with Crippen molar-refractivity contribution in [3.05, 3.63) is 34.9 Å². The molecular formula is C13H19ClN2O. The summed E-state index contributed by atoms with van der Waals surface area (Å²) in [6, 6.07) is 6.90. The number of hydrogen-bond donors (Lipinski definition) is 1. The number of carbonyl (C=O) groups excluding carboxylic acids is 1. The van der Waals surface area contributed by atoms with Gasteiger partial charge in [-0.3, -0.25) is 4.79 Å². The van der Waals surface area contributed by atoms with Crippen LogP contribution in [0.15, 0.2) is 24.3 Å². The molecule has 0 spiro atoms. The summed E-state index contributed by atoms with van der Waals surface area (Å²) in [6.07, 6.45) is 0. The van der Waals surface area contributed by atoms with Gasteiger partial charge in [0.2, 0.25) is 0 Å². The highest BCUT2D eigenvalue weighted by atomic mass is 35.5. The van der Waals surface area contributed by atoms with E-state index in [1.165, 1.54) is 0 Å². The van der Waals surface area contributed by atoms with Gasteiger partial charge in [-0.1, -0.05) is 18.5 Å². The number of halogens is 1. The fourth-order valence-corrected chi connectivity index (χ4v) is 1.78. The van der Waals surface area contributed by atoms with E-state index in [4.69, 9.17) is 11.6 Å². The maximum atomic E-state index is 11.8. The van der Waals surface area contributed by atoms with E-state index in [-0.39, 0.29) is 5.91 Å². The first-order chi connectivity index (χ1) is 7.99. The van der Waals surface area contributed by atoms with Gasteiger partial charge in [0.05, 0.1) is 0 Å². The van der Waals surface area contributed by atoms with Gasteiger partial charge in [-0.2, -0.15) is 0 Å². The van der Waals surface area contributed by atoms with Gasteiger partial charge < -0.3 is 10.2 Å². The van der Waals surface area contributed by atoms with Crippen molar-refractivity contribution in [1.29, 1.82) is 0 Å². The number of amides is 1. The normalized spacial score (nSPS) is 12.5. The predicted octanol–water partition coefficient (Wildman–Crippen LogP) is 2.27. The van der Waals surface area contributed by atoms with Crippen molar-refractivity contribution in [2.75, 3.05) is 27.2 Å². The highest BCUT2D eigenvalue weighted by Gasteiger charge is 2.08. The molecule has 1 aromatic carbocycles. The molecule has 0 saturated carbocycles. The van der Waals surface area contributed by atoms with Gasteiger partial charge in [0.25, 0.3) is 5.91 Å². The molecule has 1 atom stereocenters. The Morgan fingerprint density at radius 3 is 2.47 bits per heavy atom. The van der Waals surface area contributed by atoms with Crippen LogP contribution in [-0.4, -0.2) is 38.0 Å². The summed E-state index contributed by atoms with van der Waals surface area (Å²) < 4.78 is 0. The van der Waals surface area contributed by atoms with Crippen molar-refractivity contribution in [3.63, 3.8) is 0 Å². The van der Waals surface area contributed by atoms with Crippen molar-refractivity contribution < 1.29 is 4.79 Å². The number of nitrogens with zero attached hydrogens (tertiary/aromatic N) is 1. The average molecular weight is 255 g/mol. The van der Waals surface area contributed by atoms with Crippen LogP contribution >= 0.6 is 11.6 Å². The average Bonchev–Trinajstić information content (AvgIpc) is 2.26. The zero-order chi connectivity index (χ0) is 12.8. The summed E-state index contributed by atoms with van der Waals surface area (Å²) in [5.74, 6) is 0.383. The van der Waals surface area contributed by atoms with Crippen molar-refractivity contribution in [2.45, 2.75) is 6.92 Å². The van der Waals surface area contributed by atoms with Crippen molar-refractivity contribution >= 4 is 17.5 Å². The van der Waals surface area contributed by atoms with Crippen LogP contribution in [0.5, 0.6) is 0 Å². The van der Waals surface area contributed by atoms with Gasteiger partial charge in [-0.15, -0.1) is 0 Å². The molecule has 0 aliphatic carbocycles. The summed E-state index contributed by atoms with van der Waals surface area (Å²) in [4.78, 5) is 13.9. The van der Waals surface area contributed by atoms with Crippen LogP contribution in [0.1, 0.15) is 17.3 Å². The zero-order valence-electron chi connectivity index (χ0n) is 10.5. The number of carbonyl (C=O) groups is 1. The largest absolute Gasteiger partial charge is 0.352 e. The Kier molecular flexibility index (Phi) is 5.45. The summed E-state index contributed by atoms with van der Waals surface area (Å²) in [5.41, 5.74) is 0.645. The van der Waals surface area contributed by atoms with Crippen LogP contribution in [0.2, 0.25) is 5.02 Å². The van der Waals surface area contributed by atoms with Crippen molar-refractivity contribution in [1.82, 2.24) is 10.2 Å². The molecule has 0 fully saturated rings. The van der Waals surface area contributed by atoms with E-state index in [1.54, 1.807) is 24.3 Å². The molecule has 1 unspecified atom stereocenters. The molecule has 3 nitrogen and oxygen atoms in total. The monoisotopic (exact) mass is 254 g/mol. The SMILES string of the molecule is CC(CNC(=O)c1ccc(Cl)cc1)CN(C)C. The van der Waals surface area contributed by atoms with Crippen molar-refractivity contribution in [3.8, 4) is 0 Å². The van der Waals surface area contributed by atoms with Crippen LogP contribution in [0.3, 0.4) is 0 Å². The lowest BCUT2D eigenvalue weighted by Crippen LogP contribution is -2.32. The minimum Gasteiger partial charge on any atom is -0.352 e. The van der Waals surface area contributed by atoms with Gasteiger partial charge in [0, 0.05) is 23.7 Å². The van der Waals surface area contributed by atoms with Crippen LogP contribution < -0.4 is 5.32 Å². The third-order valence-electron chi connectivity index (χ3n) is 2.39. The first kappa shape index (κ1) is 14.0. The maximum Gasteiger partial charge on any atom is 0.251 e. The minimum absolute atomic E-state index is 0.0488. The standard InChI is InChI=1S/C13H19ClN2O/c1-10(9-16(2)3)8-15-13(17)11-4-6-12(14)7-5-11/h4-7,10H,8-9H2,1-3H3,(H,15,17). The smallest absolute Gasteiger partial charge is 0.251 e. The molecule has 1 amide bonds. The molecule has 0 saturated heterocycles. The van der Waals surface area contributed by atoms with E-state index in [9.17, 15) is 4.79 Å². The lowest BCUT2D eigenvalue weighted by atomic mass is 10.1. The van der Waals surface area contributed by atoms with Crippen molar-refractivity contribution in [2.24, 2.45) is 5.92 Å². The van der Waals surface area contributed by atoms with E-state index >= 15 is 0 Å². The maximum absolute atomic E-state index is 11.8. The summed E-state index contributed by atoms with van der Waals surface area (Å²) in [7, 11) is 4.05. The molecule has 17 heavy (non-hydrogen) atoms. The Morgan fingerprint density at radius 1 is 1.35 bits per heavy atom. The first-order valence-electron chi connectivity index (χ1n) is 5.67. The van der Waals surface area contributed by atoms with Crippen LogP contribution in [0.4, 0.5) is 0 Å². The first-order valence-corrected chi connectivity index (χ1v) is 6.05. The number of benzene rings is 1. The Morgan fingerprint density at radius 2 is 1.94 bits per heavy atom. The molecule has 0 bridgehead atoms. The molecule has 1 N–H and O–H groups in total. The summed E-state index contributed by atoms with van der Waals surface area (Å²) >= 11 is 5.76. The highest BCUT2D eigenvalue weighted by Crippen LogP contribution is 2.09. The minimum atomic E-state index is -0.0488. The topological polar surface area (TPSA) is 32.3 Å². The zero-order valence-corrected chi connectivity index (χ0v) is 11.3. The highest BCUT2D eigenvalue weighted by molar-refractivity contribution is 6.30. The Labute approximate surface area is 108 Å². The van der Waals surface area contributed by atoms with E-state index < -0.39 is 0 Å². The van der Waals surface area contributed by atoms with Gasteiger partial charge in [-0.05, 0) is 44.3 Å². The second-order valence-electron chi connectivity index (χ2n) is 4.58. The molecule has 4 heteroatoms. The lowest BCUT2D eigenvalue weighted by Gasteiger charge is -2.17. The van der Waals surface area contributed by atoms with Crippen LogP contribution in [0.25, 0.3) is 0 Å². The van der Waals surface area contributed by atoms with Gasteiger partial charge in [0.15, 0.2) is 0 Å². The molecule has 1 rings (SSSR count). The predicted molar refractivity (Wildman–Crippen MR) is 71.5 cm³/mol. The van der Waals surface area contributed by atoms with Crippen LogP contribution in [-0.2, 0) is 0 Å². The molecule has 0 aromatic heterocycles. The second kappa shape index (κ2) is 6.62. The molecule has 94 valence electrons. The van der Waals surface area contributed by atoms with E-state index in [2.05, 4.69) is 17.1 Å². The van der Waals surface area contributed by atoms with Gasteiger partial charge in [0.1, 0.15) is 0 Å². The molecular weight excluding hydrogens is 236 g/mol. The van der Waals surface area contributed by atoms with Gasteiger partial charge in [-0.25, -0.2) is 0 Å². The molecule has 0 radical (unpaired) electrons. The Balaban J connectivity index is 2.42. The van der Waals surface area contributed by atoms with E-state index in [1.807, 2.05) is 14.1 Å². The number of rotatable bonds is 5. The molecule has 1 aromatic rings. The summed E-state index contributed by atoms with van der Waals surface area (Å²) in [5, 5.41) is 3.56. The fourth-order valence-electron chi connectivity index (χ4n) is 1.66. The number of nitrogens with one attached hydrogen (secondary N) is 1. The Bertz CT molecular complexity index is 362. The fraction of sp³-hybridized carbons (Fsp3) is 0.462. The molecule has 0 heterocycles. The third-order valence-corrected chi connectivity index (χ3v) is 2.65. The Hall–Kier alpha value is -1.06. The third kappa shape index (κ3) is 5.20. The van der Waals surface area contributed by atoms with Gasteiger partial charge >= 0.3 is 0 Å². The number of hydrogen-bond acceptors (Lipinski definition) is 2. The second-order valence-corrected chi connectivity index (χ2v) is 5.02. The van der Waals surface area contributed by atoms with E-state index in [0.29, 0.717) is 23.0 Å². The quantitative estimate of drug-likeness (QED) is 0.874.